The Labute approximate surface area is 219 Å². The van der Waals surface area contributed by atoms with Crippen molar-refractivity contribution in [3.05, 3.63) is 111 Å². The van der Waals surface area contributed by atoms with Gasteiger partial charge in [-0.25, -0.2) is 4.39 Å². The van der Waals surface area contributed by atoms with E-state index in [2.05, 4.69) is 15.5 Å². The third kappa shape index (κ3) is 5.92. The first-order valence-electron chi connectivity index (χ1n) is 11.9. The third-order valence-corrected chi connectivity index (χ3v) is 6.14. The maximum absolute atomic E-state index is 14.8. The second-order valence-corrected chi connectivity index (χ2v) is 8.57. The molecule has 4 rings (SSSR count). The van der Waals surface area contributed by atoms with Gasteiger partial charge in [0.15, 0.2) is 17.3 Å². The number of pyridine rings is 1. The van der Waals surface area contributed by atoms with Crippen LogP contribution in [0.5, 0.6) is 11.5 Å². The molecule has 2 aromatic carbocycles. The molecule has 0 unspecified atom stereocenters. The first kappa shape index (κ1) is 26.6. The smallest absolute Gasteiger partial charge is 0.272 e. The Morgan fingerprint density at radius 1 is 0.974 bits per heavy atom. The second-order valence-electron chi connectivity index (χ2n) is 8.57. The monoisotopic (exact) mass is 520 g/mol. The summed E-state index contributed by atoms with van der Waals surface area (Å²) in [5.41, 5.74) is 3.56. The van der Waals surface area contributed by atoms with Crippen LogP contribution in [0.1, 0.15) is 38.4 Å². The average molecular weight is 521 g/mol. The number of aromatic nitrogens is 3. The van der Waals surface area contributed by atoms with Gasteiger partial charge in [0.25, 0.3) is 11.5 Å². The molecule has 2 aromatic heterocycles. The van der Waals surface area contributed by atoms with Gasteiger partial charge in [0.2, 0.25) is 0 Å². The van der Waals surface area contributed by atoms with Gasteiger partial charge < -0.3 is 24.1 Å². The molecule has 2 N–H and O–H groups in total. The van der Waals surface area contributed by atoms with Gasteiger partial charge in [-0.05, 0) is 29.3 Å². The van der Waals surface area contributed by atoms with E-state index in [0.29, 0.717) is 30.0 Å². The zero-order valence-electron chi connectivity index (χ0n) is 21.4. The number of halogens is 1. The Balaban J connectivity index is 1.52. The molecule has 10 heteroatoms. The highest BCUT2D eigenvalue weighted by Gasteiger charge is 2.22. The lowest BCUT2D eigenvalue weighted by Crippen LogP contribution is -2.25. The normalized spacial score (nSPS) is 10.8. The highest BCUT2D eigenvalue weighted by atomic mass is 19.1. The predicted octanol–water partition coefficient (Wildman–Crippen LogP) is 3.44. The van der Waals surface area contributed by atoms with Crippen molar-refractivity contribution in [1.29, 1.82) is 0 Å². The first-order chi connectivity index (χ1) is 18.4. The summed E-state index contributed by atoms with van der Waals surface area (Å²) in [6, 6.07) is 15.9. The van der Waals surface area contributed by atoms with Gasteiger partial charge in [0, 0.05) is 37.9 Å². The molecule has 2 heterocycles. The van der Waals surface area contributed by atoms with Crippen LogP contribution in [0.15, 0.2) is 65.6 Å². The summed E-state index contributed by atoms with van der Waals surface area (Å²) in [6.07, 6.45) is 2.16. The van der Waals surface area contributed by atoms with Crippen molar-refractivity contribution in [3.63, 3.8) is 0 Å². The zero-order chi connectivity index (χ0) is 27.1. The fourth-order valence-electron chi connectivity index (χ4n) is 4.15. The topological polar surface area (TPSA) is 107 Å². The number of hydrogen-bond acceptors (Lipinski definition) is 6. The molecule has 0 aliphatic heterocycles. The first-order valence-corrected chi connectivity index (χ1v) is 11.9. The fraction of sp³-hybridized carbons (Fsp3) is 0.250. The molecule has 0 saturated carbocycles. The predicted molar refractivity (Wildman–Crippen MR) is 139 cm³/mol. The number of amides is 1. The van der Waals surface area contributed by atoms with Crippen molar-refractivity contribution in [1.82, 2.24) is 20.1 Å². The van der Waals surface area contributed by atoms with Crippen molar-refractivity contribution in [2.24, 2.45) is 0 Å². The van der Waals surface area contributed by atoms with Crippen LogP contribution < -0.4 is 20.3 Å². The van der Waals surface area contributed by atoms with Crippen molar-refractivity contribution < 1.29 is 23.4 Å². The molecule has 0 spiro atoms. The van der Waals surface area contributed by atoms with E-state index in [-0.39, 0.29) is 35.7 Å². The summed E-state index contributed by atoms with van der Waals surface area (Å²) in [5.74, 6) is -0.725. The fourth-order valence-corrected chi connectivity index (χ4v) is 4.15. The standard InChI is InChI=1S/C28H29FN4O5/c1-36-17-22-20(14-18-7-9-19(10-8-18)16-33-13-5-4-6-25(33)34)27(32-31-22)28(35)30-15-21-23(37-2)11-12-24(38-3)26(21)29/h4-13H,14-17H2,1-3H3,(H,30,35)(H,31,32). The van der Waals surface area contributed by atoms with E-state index in [1.54, 1.807) is 30.0 Å². The minimum absolute atomic E-state index is 0.0541. The molecular formula is C28H29FN4O5. The summed E-state index contributed by atoms with van der Waals surface area (Å²) in [7, 11) is 4.36. The van der Waals surface area contributed by atoms with Crippen molar-refractivity contribution in [3.8, 4) is 11.5 Å². The van der Waals surface area contributed by atoms with Gasteiger partial charge >= 0.3 is 0 Å². The van der Waals surface area contributed by atoms with Gasteiger partial charge in [-0.2, -0.15) is 5.10 Å². The number of nitrogens with one attached hydrogen (secondary N) is 2. The van der Waals surface area contributed by atoms with Crippen LogP contribution >= 0.6 is 0 Å². The largest absolute Gasteiger partial charge is 0.496 e. The highest BCUT2D eigenvalue weighted by molar-refractivity contribution is 5.94. The molecule has 0 bridgehead atoms. The number of methoxy groups -OCH3 is 3. The van der Waals surface area contributed by atoms with Crippen LogP contribution in [-0.2, 0) is 30.9 Å². The van der Waals surface area contributed by atoms with Gasteiger partial charge in [0.1, 0.15) is 5.75 Å². The maximum atomic E-state index is 14.8. The van der Waals surface area contributed by atoms with Gasteiger partial charge in [-0.3, -0.25) is 14.7 Å². The lowest BCUT2D eigenvalue weighted by atomic mass is 10.0. The molecule has 0 aliphatic rings. The Morgan fingerprint density at radius 2 is 1.68 bits per heavy atom. The van der Waals surface area contributed by atoms with Crippen molar-refractivity contribution in [2.45, 2.75) is 26.1 Å². The Bertz CT molecular complexity index is 1460. The number of ether oxygens (including phenoxy) is 3. The minimum Gasteiger partial charge on any atom is -0.496 e. The Kier molecular flexibility index (Phi) is 8.55. The van der Waals surface area contributed by atoms with E-state index >= 15 is 0 Å². The minimum atomic E-state index is -0.604. The lowest BCUT2D eigenvalue weighted by molar-refractivity contribution is 0.0944. The van der Waals surface area contributed by atoms with E-state index in [0.717, 1.165) is 11.1 Å². The van der Waals surface area contributed by atoms with Crippen LogP contribution in [0, 0.1) is 5.82 Å². The summed E-state index contributed by atoms with van der Waals surface area (Å²) in [6.45, 7) is 0.575. The average Bonchev–Trinajstić information content (AvgIpc) is 3.32. The summed E-state index contributed by atoms with van der Waals surface area (Å²) in [5, 5.41) is 9.84. The second kappa shape index (κ2) is 12.2. The maximum Gasteiger partial charge on any atom is 0.272 e. The van der Waals surface area contributed by atoms with Crippen molar-refractivity contribution >= 4 is 5.91 Å². The van der Waals surface area contributed by atoms with E-state index in [1.807, 2.05) is 30.3 Å². The number of carbonyl (C=O) groups excluding carboxylic acids is 1. The van der Waals surface area contributed by atoms with E-state index < -0.39 is 11.7 Å². The molecule has 9 nitrogen and oxygen atoms in total. The summed E-state index contributed by atoms with van der Waals surface area (Å²) < 4.78 is 32.0. The number of hydrogen-bond donors (Lipinski definition) is 2. The van der Waals surface area contributed by atoms with Gasteiger partial charge in [-0.15, -0.1) is 0 Å². The molecule has 0 radical (unpaired) electrons. The molecular weight excluding hydrogens is 491 g/mol. The van der Waals surface area contributed by atoms with Crippen molar-refractivity contribution in [2.75, 3.05) is 21.3 Å². The molecule has 0 atom stereocenters. The van der Waals surface area contributed by atoms with Crippen LogP contribution in [-0.4, -0.2) is 42.0 Å². The van der Waals surface area contributed by atoms with Crippen LogP contribution in [0.3, 0.4) is 0 Å². The zero-order valence-corrected chi connectivity index (χ0v) is 21.4. The van der Waals surface area contributed by atoms with Crippen LogP contribution in [0.2, 0.25) is 0 Å². The Hall–Kier alpha value is -4.44. The van der Waals surface area contributed by atoms with Crippen LogP contribution in [0.4, 0.5) is 4.39 Å². The summed E-state index contributed by atoms with van der Waals surface area (Å²) in [4.78, 5) is 25.1. The highest BCUT2D eigenvalue weighted by Crippen LogP contribution is 2.29. The molecule has 4 aromatic rings. The number of rotatable bonds is 11. The van der Waals surface area contributed by atoms with E-state index in [1.165, 1.54) is 26.4 Å². The third-order valence-electron chi connectivity index (χ3n) is 6.14. The van der Waals surface area contributed by atoms with E-state index in [9.17, 15) is 14.0 Å². The number of carbonyl (C=O) groups is 1. The molecule has 0 fully saturated rings. The van der Waals surface area contributed by atoms with Crippen LogP contribution in [0.25, 0.3) is 0 Å². The van der Waals surface area contributed by atoms with Gasteiger partial charge in [0.05, 0.1) is 38.6 Å². The molecule has 38 heavy (non-hydrogen) atoms. The molecule has 198 valence electrons. The molecule has 1 amide bonds. The number of aromatic amines is 1. The Morgan fingerprint density at radius 3 is 2.37 bits per heavy atom. The number of nitrogens with zero attached hydrogens (tertiary/aromatic N) is 2. The van der Waals surface area contributed by atoms with Gasteiger partial charge in [-0.1, -0.05) is 30.3 Å². The number of benzene rings is 2. The van der Waals surface area contributed by atoms with E-state index in [4.69, 9.17) is 14.2 Å². The SMILES string of the molecule is COCc1[nH]nc(C(=O)NCc2c(OC)ccc(OC)c2F)c1Cc1ccc(Cn2ccccc2=O)cc1. The summed E-state index contributed by atoms with van der Waals surface area (Å²) >= 11 is 0. The molecule has 0 saturated heterocycles. The molecule has 0 aliphatic carbocycles. The number of H-pyrrole nitrogens is 1. The lowest BCUT2D eigenvalue weighted by Gasteiger charge is -2.13. The quantitative estimate of drug-likeness (QED) is 0.314.